The van der Waals surface area contributed by atoms with Crippen LogP contribution in [0.25, 0.3) is 132 Å². The standard InChI is InChI=1S/C64H40N6/c1-3-11-41(12-4-1)43-19-29-59-55(39-43)53-27-25-51-49-15-7-9-17-57(49)69(47-31-35-65-36-32-47)61(51)63(53)67(59)45-21-23-46(24-22-45)68-60-30-20-44(42-13-5-2-6-14-42)40-56(60)54-28-26-52-50-16-8-10-18-58(50)70(62(52)64(54)68)48-33-37-66-38-34-48/h1-40H. The van der Waals surface area contributed by atoms with Gasteiger partial charge in [-0.3, -0.25) is 9.97 Å². The highest BCUT2D eigenvalue weighted by Gasteiger charge is 2.24. The highest BCUT2D eigenvalue weighted by Crippen LogP contribution is 2.45. The maximum absolute atomic E-state index is 4.42. The minimum atomic E-state index is 1.07. The van der Waals surface area contributed by atoms with Crippen molar-refractivity contribution in [1.29, 1.82) is 0 Å². The summed E-state index contributed by atoms with van der Waals surface area (Å²) in [5, 5.41) is 9.65. The molecule has 15 rings (SSSR count). The van der Waals surface area contributed by atoms with Crippen LogP contribution in [0.2, 0.25) is 0 Å². The quantitative estimate of drug-likeness (QED) is 0.167. The Morgan fingerprint density at radius 2 is 0.529 bits per heavy atom. The van der Waals surface area contributed by atoms with Crippen molar-refractivity contribution in [1.82, 2.24) is 28.2 Å². The lowest BCUT2D eigenvalue weighted by molar-refractivity contribution is 1.12. The highest BCUT2D eigenvalue weighted by molar-refractivity contribution is 6.25. The molecule has 0 aliphatic rings. The van der Waals surface area contributed by atoms with Crippen molar-refractivity contribution in [2.24, 2.45) is 0 Å². The van der Waals surface area contributed by atoms with Crippen LogP contribution >= 0.6 is 0 Å². The predicted molar refractivity (Wildman–Crippen MR) is 290 cm³/mol. The number of benzene rings is 9. The molecule has 0 saturated heterocycles. The molecule has 6 aromatic heterocycles. The number of fused-ring (bicyclic) bond motifs is 14. The molecule has 0 unspecified atom stereocenters. The fourth-order valence-corrected chi connectivity index (χ4v) is 11.5. The third-order valence-corrected chi connectivity index (χ3v) is 14.5. The zero-order valence-corrected chi connectivity index (χ0v) is 37.8. The number of hydrogen-bond donors (Lipinski definition) is 0. The highest BCUT2D eigenvalue weighted by atomic mass is 15.1. The van der Waals surface area contributed by atoms with Crippen molar-refractivity contribution in [2.75, 3.05) is 0 Å². The lowest BCUT2D eigenvalue weighted by atomic mass is 10.0. The summed E-state index contributed by atoms with van der Waals surface area (Å²) in [5.41, 5.74) is 18.3. The maximum Gasteiger partial charge on any atom is 0.0788 e. The number of pyridine rings is 2. The van der Waals surface area contributed by atoms with Crippen LogP contribution in [0.4, 0.5) is 0 Å². The number of hydrogen-bond acceptors (Lipinski definition) is 2. The third kappa shape index (κ3) is 5.56. The van der Waals surface area contributed by atoms with Crippen LogP contribution < -0.4 is 0 Å². The Bertz CT molecular complexity index is 4250. The summed E-state index contributed by atoms with van der Waals surface area (Å²) in [7, 11) is 0. The molecule has 70 heavy (non-hydrogen) atoms. The third-order valence-electron chi connectivity index (χ3n) is 14.5. The van der Waals surface area contributed by atoms with Crippen LogP contribution in [-0.4, -0.2) is 28.2 Å². The molecule has 0 atom stereocenters. The Balaban J connectivity index is 1.03. The lowest BCUT2D eigenvalue weighted by Crippen LogP contribution is -2.01. The number of aromatic nitrogens is 6. The van der Waals surface area contributed by atoms with E-state index in [2.05, 4.69) is 247 Å². The van der Waals surface area contributed by atoms with Gasteiger partial charge >= 0.3 is 0 Å². The first kappa shape index (κ1) is 38.6. The first-order valence-electron chi connectivity index (χ1n) is 23.8. The molecule has 0 amide bonds. The molecule has 0 radical (unpaired) electrons. The molecule has 0 N–H and O–H groups in total. The molecule has 0 spiro atoms. The molecule has 326 valence electrons. The van der Waals surface area contributed by atoms with E-state index in [1.165, 1.54) is 65.3 Å². The predicted octanol–water partition coefficient (Wildman–Crippen LogP) is 16.2. The average Bonchev–Trinajstić information content (AvgIpc) is 4.17. The summed E-state index contributed by atoms with van der Waals surface area (Å²) in [6, 6.07) is 79.8. The SMILES string of the molecule is c1ccc(-c2ccc3c(c2)c2ccc4c5ccccc5n(-c5ccncc5)c4c2n3-c2ccc(-n3c4ccc(-c5ccccc5)cc4c4ccc5c6ccccc6n(-c6ccncc6)c5c43)cc2)cc1. The second-order valence-corrected chi connectivity index (χ2v) is 18.2. The molecule has 9 aromatic carbocycles. The minimum Gasteiger partial charge on any atom is -0.307 e. The fourth-order valence-electron chi connectivity index (χ4n) is 11.5. The van der Waals surface area contributed by atoms with E-state index in [0.717, 1.165) is 66.9 Å². The van der Waals surface area contributed by atoms with Gasteiger partial charge in [-0.05, 0) is 107 Å². The molecular weight excluding hydrogens is 853 g/mol. The van der Waals surface area contributed by atoms with E-state index in [1.54, 1.807) is 0 Å². The van der Waals surface area contributed by atoms with Gasteiger partial charge in [-0.2, -0.15) is 0 Å². The van der Waals surface area contributed by atoms with Gasteiger partial charge in [-0.25, -0.2) is 0 Å². The number of para-hydroxylation sites is 2. The number of rotatable bonds is 6. The van der Waals surface area contributed by atoms with Gasteiger partial charge < -0.3 is 18.3 Å². The van der Waals surface area contributed by atoms with Gasteiger partial charge in [0.1, 0.15) is 0 Å². The molecule has 0 bridgehead atoms. The molecule has 15 aromatic rings. The summed E-state index contributed by atoms with van der Waals surface area (Å²) >= 11 is 0. The van der Waals surface area contributed by atoms with Crippen LogP contribution in [0.3, 0.4) is 0 Å². The number of nitrogens with zero attached hydrogens (tertiary/aromatic N) is 6. The Hall–Kier alpha value is -9.52. The lowest BCUT2D eigenvalue weighted by Gasteiger charge is -2.15. The molecular formula is C64H40N6. The van der Waals surface area contributed by atoms with E-state index >= 15 is 0 Å². The van der Waals surface area contributed by atoms with E-state index in [1.807, 2.05) is 24.8 Å². The second kappa shape index (κ2) is 15.0. The first-order chi connectivity index (χ1) is 34.8. The zero-order valence-electron chi connectivity index (χ0n) is 37.8. The first-order valence-corrected chi connectivity index (χ1v) is 23.8. The van der Waals surface area contributed by atoms with E-state index in [0.29, 0.717) is 0 Å². The summed E-state index contributed by atoms with van der Waals surface area (Å²) < 4.78 is 9.82. The van der Waals surface area contributed by atoms with Crippen LogP contribution in [0.15, 0.2) is 243 Å². The van der Waals surface area contributed by atoms with E-state index < -0.39 is 0 Å². The summed E-state index contributed by atoms with van der Waals surface area (Å²) in [4.78, 5) is 8.85. The van der Waals surface area contributed by atoms with Gasteiger partial charge in [0.15, 0.2) is 0 Å². The molecule has 0 fully saturated rings. The van der Waals surface area contributed by atoms with Gasteiger partial charge in [-0.15, -0.1) is 0 Å². The van der Waals surface area contributed by atoms with E-state index in [4.69, 9.17) is 0 Å². The minimum absolute atomic E-state index is 1.07. The molecule has 0 aliphatic heterocycles. The van der Waals surface area contributed by atoms with Gasteiger partial charge in [0.05, 0.1) is 44.1 Å². The molecule has 6 heterocycles. The van der Waals surface area contributed by atoms with Crippen molar-refractivity contribution in [3.05, 3.63) is 243 Å². The molecule has 6 nitrogen and oxygen atoms in total. The largest absolute Gasteiger partial charge is 0.307 e. The van der Waals surface area contributed by atoms with Crippen LogP contribution in [0.5, 0.6) is 0 Å². The molecule has 6 heteroatoms. The average molecular weight is 893 g/mol. The van der Waals surface area contributed by atoms with Gasteiger partial charge in [0, 0.05) is 90.6 Å². The van der Waals surface area contributed by atoms with Crippen molar-refractivity contribution in [3.8, 4) is 45.0 Å². The van der Waals surface area contributed by atoms with Gasteiger partial charge in [-0.1, -0.05) is 133 Å². The van der Waals surface area contributed by atoms with Gasteiger partial charge in [0.2, 0.25) is 0 Å². The van der Waals surface area contributed by atoms with Crippen molar-refractivity contribution >= 4 is 87.2 Å². The zero-order chi connectivity index (χ0) is 45.9. The Morgan fingerprint density at radius 3 is 0.914 bits per heavy atom. The smallest absolute Gasteiger partial charge is 0.0788 e. The van der Waals surface area contributed by atoms with E-state index in [-0.39, 0.29) is 0 Å². The van der Waals surface area contributed by atoms with Gasteiger partial charge in [0.25, 0.3) is 0 Å². The van der Waals surface area contributed by atoms with Crippen molar-refractivity contribution in [3.63, 3.8) is 0 Å². The monoisotopic (exact) mass is 892 g/mol. The Kier molecular flexibility index (Phi) is 8.26. The van der Waals surface area contributed by atoms with Crippen LogP contribution in [0.1, 0.15) is 0 Å². The Morgan fingerprint density at radius 1 is 0.214 bits per heavy atom. The summed E-state index contributed by atoms with van der Waals surface area (Å²) in [6.45, 7) is 0. The Labute approximate surface area is 401 Å². The summed E-state index contributed by atoms with van der Waals surface area (Å²) in [6.07, 6.45) is 7.55. The topological polar surface area (TPSA) is 45.5 Å². The second-order valence-electron chi connectivity index (χ2n) is 18.2. The fraction of sp³-hybridized carbons (Fsp3) is 0. The van der Waals surface area contributed by atoms with Crippen molar-refractivity contribution < 1.29 is 0 Å². The maximum atomic E-state index is 4.42. The molecule has 0 saturated carbocycles. The van der Waals surface area contributed by atoms with Crippen LogP contribution in [0, 0.1) is 0 Å². The van der Waals surface area contributed by atoms with E-state index in [9.17, 15) is 0 Å². The summed E-state index contributed by atoms with van der Waals surface area (Å²) in [5.74, 6) is 0. The van der Waals surface area contributed by atoms with Crippen molar-refractivity contribution in [2.45, 2.75) is 0 Å². The molecule has 0 aliphatic carbocycles. The normalized spacial score (nSPS) is 12.0. The van der Waals surface area contributed by atoms with Crippen LogP contribution in [-0.2, 0) is 0 Å².